The Bertz CT molecular complexity index is 891. The maximum Gasteiger partial charge on any atom is 0.281 e. The van der Waals surface area contributed by atoms with E-state index in [0.29, 0.717) is 5.82 Å². The summed E-state index contributed by atoms with van der Waals surface area (Å²) in [6.45, 7) is 1.98. The minimum atomic E-state index is -0.109. The van der Waals surface area contributed by atoms with Gasteiger partial charge in [-0.25, -0.2) is 0 Å². The molecule has 2 N–H and O–H groups in total. The number of rotatable bonds is 1. The van der Waals surface area contributed by atoms with E-state index in [4.69, 9.17) is 5.73 Å². The van der Waals surface area contributed by atoms with Crippen LogP contribution in [0.1, 0.15) is 39.3 Å². The zero-order valence-corrected chi connectivity index (χ0v) is 13.2. The van der Waals surface area contributed by atoms with Crippen LogP contribution in [0, 0.1) is 6.92 Å². The lowest BCUT2D eigenvalue weighted by molar-refractivity contribution is 0.0949. The number of aryl methyl sites for hydroxylation is 2. The van der Waals surface area contributed by atoms with Gasteiger partial charge in [0.05, 0.1) is 11.3 Å². The summed E-state index contributed by atoms with van der Waals surface area (Å²) in [5, 5.41) is 5.49. The number of carbonyl (C=O) groups is 1. The first-order valence-electron chi connectivity index (χ1n) is 7.56. The minimum absolute atomic E-state index is 0.109. The zero-order valence-electron chi connectivity index (χ0n) is 12.4. The van der Waals surface area contributed by atoms with Gasteiger partial charge < -0.3 is 5.73 Å². The fourth-order valence-electron chi connectivity index (χ4n) is 3.27. The number of nitrogens with zero attached hydrogens (tertiary/aromatic N) is 2. The monoisotopic (exact) mass is 311 g/mol. The number of carbonyl (C=O) groups excluding carboxylic acids is 1. The maximum atomic E-state index is 13.0. The molecule has 1 aliphatic rings. The molecule has 2 aromatic heterocycles. The molecule has 22 heavy (non-hydrogen) atoms. The molecule has 0 atom stereocenters. The Hall–Kier alpha value is -2.14. The van der Waals surface area contributed by atoms with E-state index in [2.05, 4.69) is 5.10 Å². The maximum absolute atomic E-state index is 13.0. The molecule has 0 radical (unpaired) electrons. The fraction of sp³-hybridized carbons (Fsp3) is 0.294. The van der Waals surface area contributed by atoms with Gasteiger partial charge >= 0.3 is 0 Å². The Morgan fingerprint density at radius 3 is 2.86 bits per heavy atom. The number of hydrogen-bond donors (Lipinski definition) is 1. The summed E-state index contributed by atoms with van der Waals surface area (Å²) in [7, 11) is 0. The first-order valence-corrected chi connectivity index (χ1v) is 8.37. The number of aromatic nitrogens is 2. The molecule has 1 aromatic carbocycles. The van der Waals surface area contributed by atoms with Gasteiger partial charge in [-0.1, -0.05) is 18.2 Å². The zero-order chi connectivity index (χ0) is 15.3. The van der Waals surface area contributed by atoms with Gasteiger partial charge in [-0.2, -0.15) is 9.78 Å². The molecular formula is C17H17N3OS. The van der Waals surface area contributed by atoms with Gasteiger partial charge in [-0.15, -0.1) is 11.3 Å². The van der Waals surface area contributed by atoms with E-state index in [1.165, 1.54) is 4.68 Å². The van der Waals surface area contributed by atoms with Crippen LogP contribution in [0.15, 0.2) is 24.3 Å². The van der Waals surface area contributed by atoms with Gasteiger partial charge in [-0.05, 0) is 38.7 Å². The Balaban J connectivity index is 1.88. The molecule has 4 rings (SSSR count). The van der Waals surface area contributed by atoms with E-state index in [-0.39, 0.29) is 5.91 Å². The van der Waals surface area contributed by atoms with Crippen LogP contribution >= 0.6 is 11.3 Å². The summed E-state index contributed by atoms with van der Waals surface area (Å²) in [6, 6.07) is 7.99. The smallest absolute Gasteiger partial charge is 0.281 e. The van der Waals surface area contributed by atoms with Crippen LogP contribution in [-0.4, -0.2) is 15.7 Å². The van der Waals surface area contributed by atoms with Gasteiger partial charge in [0.2, 0.25) is 0 Å². The quantitative estimate of drug-likeness (QED) is 0.747. The predicted molar refractivity (Wildman–Crippen MR) is 89.6 cm³/mol. The van der Waals surface area contributed by atoms with Crippen molar-refractivity contribution in [1.29, 1.82) is 0 Å². The van der Waals surface area contributed by atoms with Crippen molar-refractivity contribution in [2.45, 2.75) is 32.6 Å². The number of thiophene rings is 1. The molecule has 0 fully saturated rings. The standard InChI is InChI=1S/C17H17N3OS/c1-10-15(12-7-3-5-9-14(12)22-10)17(21)20-16(18)11-6-2-4-8-13(11)19-20/h3,5,7,9H,2,4,6,8,18H2,1H3. The second-order valence-electron chi connectivity index (χ2n) is 5.76. The molecule has 0 saturated carbocycles. The number of fused-ring (bicyclic) bond motifs is 2. The third-order valence-electron chi connectivity index (χ3n) is 4.37. The van der Waals surface area contributed by atoms with Gasteiger partial charge in [0, 0.05) is 20.5 Å². The number of benzene rings is 1. The molecule has 0 spiro atoms. The average Bonchev–Trinajstić information content (AvgIpc) is 3.04. The van der Waals surface area contributed by atoms with E-state index in [1.54, 1.807) is 11.3 Å². The highest BCUT2D eigenvalue weighted by atomic mass is 32.1. The summed E-state index contributed by atoms with van der Waals surface area (Å²) in [6.07, 6.45) is 4.09. The van der Waals surface area contributed by atoms with Crippen LogP contribution in [0.2, 0.25) is 0 Å². The minimum Gasteiger partial charge on any atom is -0.383 e. The van der Waals surface area contributed by atoms with Crippen molar-refractivity contribution in [3.8, 4) is 0 Å². The molecular weight excluding hydrogens is 294 g/mol. The highest BCUT2D eigenvalue weighted by molar-refractivity contribution is 7.19. The third kappa shape index (κ3) is 1.89. The second-order valence-corrected chi connectivity index (χ2v) is 7.02. The number of anilines is 1. The van der Waals surface area contributed by atoms with Crippen molar-refractivity contribution in [1.82, 2.24) is 9.78 Å². The SMILES string of the molecule is Cc1sc2ccccc2c1C(=O)n1nc2c(c1N)CCCC2. The molecule has 5 heteroatoms. The largest absolute Gasteiger partial charge is 0.383 e. The predicted octanol–water partition coefficient (Wildman–Crippen LogP) is 3.56. The molecule has 2 heterocycles. The molecule has 0 unspecified atom stereocenters. The molecule has 3 aromatic rings. The average molecular weight is 311 g/mol. The first-order chi connectivity index (χ1) is 10.7. The van der Waals surface area contributed by atoms with Crippen LogP contribution in [0.25, 0.3) is 10.1 Å². The lowest BCUT2D eigenvalue weighted by Gasteiger charge is -2.08. The molecule has 1 aliphatic carbocycles. The molecule has 112 valence electrons. The van der Waals surface area contributed by atoms with E-state index >= 15 is 0 Å². The van der Waals surface area contributed by atoms with Crippen molar-refractivity contribution in [2.24, 2.45) is 0 Å². The summed E-state index contributed by atoms with van der Waals surface area (Å²) >= 11 is 1.64. The van der Waals surface area contributed by atoms with E-state index < -0.39 is 0 Å². The van der Waals surface area contributed by atoms with E-state index in [0.717, 1.165) is 57.5 Å². The van der Waals surface area contributed by atoms with Gasteiger partial charge in [0.25, 0.3) is 5.91 Å². The van der Waals surface area contributed by atoms with Crippen molar-refractivity contribution in [2.75, 3.05) is 5.73 Å². The lowest BCUT2D eigenvalue weighted by atomic mass is 9.98. The third-order valence-corrected chi connectivity index (χ3v) is 5.46. The molecule has 0 bridgehead atoms. The molecule has 4 nitrogen and oxygen atoms in total. The Kier molecular flexibility index (Phi) is 3.04. The van der Waals surface area contributed by atoms with Crippen LogP contribution in [-0.2, 0) is 12.8 Å². The van der Waals surface area contributed by atoms with E-state index in [1.807, 2.05) is 31.2 Å². The van der Waals surface area contributed by atoms with Crippen molar-refractivity contribution in [3.63, 3.8) is 0 Å². The van der Waals surface area contributed by atoms with Crippen molar-refractivity contribution < 1.29 is 4.79 Å². The topological polar surface area (TPSA) is 60.9 Å². The van der Waals surface area contributed by atoms with Crippen LogP contribution in [0.4, 0.5) is 5.82 Å². The normalized spacial score (nSPS) is 14.2. The number of nitrogens with two attached hydrogens (primary N) is 1. The Morgan fingerprint density at radius 2 is 2.05 bits per heavy atom. The Morgan fingerprint density at radius 1 is 1.27 bits per heavy atom. The summed E-state index contributed by atoms with van der Waals surface area (Å²) in [4.78, 5) is 14.0. The van der Waals surface area contributed by atoms with Crippen LogP contribution < -0.4 is 5.73 Å². The second kappa shape index (κ2) is 4.95. The first kappa shape index (κ1) is 13.5. The molecule has 0 amide bonds. The fourth-order valence-corrected chi connectivity index (χ4v) is 4.33. The summed E-state index contributed by atoms with van der Waals surface area (Å²) < 4.78 is 2.54. The van der Waals surface area contributed by atoms with Crippen LogP contribution in [0.5, 0.6) is 0 Å². The highest BCUT2D eigenvalue weighted by Crippen LogP contribution is 2.33. The highest BCUT2D eigenvalue weighted by Gasteiger charge is 2.25. The number of nitrogen functional groups attached to an aromatic ring is 1. The Labute approximate surface area is 132 Å². The van der Waals surface area contributed by atoms with Crippen molar-refractivity contribution in [3.05, 3.63) is 46.0 Å². The molecule has 0 saturated heterocycles. The van der Waals surface area contributed by atoms with Gasteiger partial charge in [-0.3, -0.25) is 4.79 Å². The van der Waals surface area contributed by atoms with Gasteiger partial charge in [0.1, 0.15) is 5.82 Å². The van der Waals surface area contributed by atoms with Crippen molar-refractivity contribution >= 4 is 33.1 Å². The summed E-state index contributed by atoms with van der Waals surface area (Å²) in [5.41, 5.74) is 9.00. The summed E-state index contributed by atoms with van der Waals surface area (Å²) in [5.74, 6) is 0.413. The lowest BCUT2D eigenvalue weighted by Crippen LogP contribution is -2.17. The molecule has 0 aliphatic heterocycles. The van der Waals surface area contributed by atoms with E-state index in [9.17, 15) is 4.79 Å². The van der Waals surface area contributed by atoms with Crippen LogP contribution in [0.3, 0.4) is 0 Å². The van der Waals surface area contributed by atoms with Gasteiger partial charge in [0.15, 0.2) is 0 Å². The number of hydrogen-bond acceptors (Lipinski definition) is 4.